The van der Waals surface area contributed by atoms with Gasteiger partial charge in [-0.3, -0.25) is 19.9 Å². The Morgan fingerprint density at radius 3 is 2.61 bits per heavy atom. The van der Waals surface area contributed by atoms with Crippen LogP contribution in [0.2, 0.25) is 0 Å². The highest BCUT2D eigenvalue weighted by Crippen LogP contribution is 2.42. The molecule has 3 heterocycles. The second-order valence-electron chi connectivity index (χ2n) is 8.34. The Bertz CT molecular complexity index is 1070. The van der Waals surface area contributed by atoms with Crippen LogP contribution in [-0.2, 0) is 16.0 Å². The number of hydrogen-bond donors (Lipinski definition) is 2. The van der Waals surface area contributed by atoms with Crippen molar-refractivity contribution in [1.82, 2.24) is 20.7 Å². The molecule has 2 aromatic rings. The first-order valence-electron chi connectivity index (χ1n) is 10.8. The maximum Gasteiger partial charge on any atom is 0.344 e. The number of imide groups is 1. The normalized spacial score (nSPS) is 22.7. The van der Waals surface area contributed by atoms with Gasteiger partial charge in [0.05, 0.1) is 26.8 Å². The molecule has 2 aliphatic heterocycles. The van der Waals surface area contributed by atoms with Gasteiger partial charge < -0.3 is 14.8 Å². The second-order valence-corrected chi connectivity index (χ2v) is 9.32. The molecule has 2 unspecified atom stereocenters. The first-order valence-corrected chi connectivity index (χ1v) is 11.7. The van der Waals surface area contributed by atoms with E-state index in [9.17, 15) is 14.4 Å². The van der Waals surface area contributed by atoms with E-state index in [1.807, 2.05) is 41.5 Å². The summed E-state index contributed by atoms with van der Waals surface area (Å²) in [7, 11) is 3.21. The molecule has 0 radical (unpaired) electrons. The maximum atomic E-state index is 12.9. The minimum atomic E-state index is -1.01. The molecular weight excluding hydrogens is 444 g/mol. The zero-order chi connectivity index (χ0) is 23.8. The fourth-order valence-corrected chi connectivity index (χ4v) is 5.19. The first kappa shape index (κ1) is 23.1. The number of hydrazine groups is 1. The topological polar surface area (TPSA) is 100 Å². The summed E-state index contributed by atoms with van der Waals surface area (Å²) in [6.07, 6.45) is 1.15. The molecule has 0 spiro atoms. The Morgan fingerprint density at radius 1 is 1.27 bits per heavy atom. The molecule has 9 nitrogen and oxygen atoms in total. The van der Waals surface area contributed by atoms with E-state index in [1.54, 1.807) is 32.5 Å². The summed E-state index contributed by atoms with van der Waals surface area (Å²) in [5, 5.41) is 5.43. The molecule has 2 atom stereocenters. The van der Waals surface area contributed by atoms with Crippen LogP contribution >= 0.6 is 11.3 Å². The van der Waals surface area contributed by atoms with Crippen molar-refractivity contribution in [2.45, 2.75) is 38.3 Å². The molecule has 0 aliphatic carbocycles. The smallest absolute Gasteiger partial charge is 0.344 e. The zero-order valence-corrected chi connectivity index (χ0v) is 20.0. The lowest BCUT2D eigenvalue weighted by Crippen LogP contribution is -2.52. The van der Waals surface area contributed by atoms with Gasteiger partial charge in [0, 0.05) is 11.4 Å². The van der Waals surface area contributed by atoms with E-state index in [0.717, 1.165) is 27.4 Å². The van der Waals surface area contributed by atoms with Crippen LogP contribution in [0, 0.1) is 0 Å². The van der Waals surface area contributed by atoms with Gasteiger partial charge in [0.1, 0.15) is 5.54 Å². The average molecular weight is 473 g/mol. The van der Waals surface area contributed by atoms with Crippen LogP contribution in [0.5, 0.6) is 11.5 Å². The van der Waals surface area contributed by atoms with E-state index in [-0.39, 0.29) is 12.6 Å². The Labute approximate surface area is 196 Å². The summed E-state index contributed by atoms with van der Waals surface area (Å²) < 4.78 is 11.0. The molecule has 4 amide bonds. The largest absolute Gasteiger partial charge is 0.493 e. The molecule has 1 aromatic heterocycles. The summed E-state index contributed by atoms with van der Waals surface area (Å²) >= 11 is 1.61. The molecule has 10 heteroatoms. The van der Waals surface area contributed by atoms with Crippen molar-refractivity contribution in [2.75, 3.05) is 27.3 Å². The van der Waals surface area contributed by atoms with Gasteiger partial charge in [-0.1, -0.05) is 13.0 Å². The van der Waals surface area contributed by atoms with Gasteiger partial charge in [0.15, 0.2) is 11.5 Å². The minimum absolute atomic E-state index is 0.0241. The summed E-state index contributed by atoms with van der Waals surface area (Å²) in [4.78, 5) is 41.0. The Kier molecular flexibility index (Phi) is 6.31. The average Bonchev–Trinajstić information content (AvgIpc) is 3.41. The van der Waals surface area contributed by atoms with Crippen LogP contribution in [-0.4, -0.2) is 60.6 Å². The number of nitrogens with one attached hydrogen (secondary N) is 2. The number of rotatable bonds is 7. The van der Waals surface area contributed by atoms with Crippen LogP contribution in [0.3, 0.4) is 0 Å². The number of methoxy groups -OCH3 is 2. The number of nitrogens with zero attached hydrogens (tertiary/aromatic N) is 2. The number of hydrogen-bond acceptors (Lipinski definition) is 7. The van der Waals surface area contributed by atoms with Crippen LogP contribution in [0.15, 0.2) is 29.6 Å². The lowest BCUT2D eigenvalue weighted by atomic mass is 9.91. The van der Waals surface area contributed by atoms with Crippen LogP contribution in [0.1, 0.15) is 42.3 Å². The third-order valence-electron chi connectivity index (χ3n) is 6.34. The zero-order valence-electron chi connectivity index (χ0n) is 19.1. The molecule has 176 valence electrons. The van der Waals surface area contributed by atoms with Crippen molar-refractivity contribution in [2.24, 2.45) is 0 Å². The number of urea groups is 1. The molecule has 1 aromatic carbocycles. The first-order chi connectivity index (χ1) is 15.8. The number of carbonyl (C=O) groups is 3. The number of benzene rings is 1. The van der Waals surface area contributed by atoms with Crippen molar-refractivity contribution < 1.29 is 23.9 Å². The second kappa shape index (κ2) is 9.03. The van der Waals surface area contributed by atoms with Crippen molar-refractivity contribution in [3.05, 3.63) is 45.6 Å². The van der Waals surface area contributed by atoms with E-state index < -0.39 is 23.4 Å². The van der Waals surface area contributed by atoms with Crippen LogP contribution in [0.25, 0.3) is 0 Å². The highest BCUT2D eigenvalue weighted by Gasteiger charge is 2.47. The maximum absolute atomic E-state index is 12.9. The highest BCUT2D eigenvalue weighted by atomic mass is 32.1. The van der Waals surface area contributed by atoms with Crippen LogP contribution < -0.4 is 20.2 Å². The minimum Gasteiger partial charge on any atom is -0.493 e. The van der Waals surface area contributed by atoms with Gasteiger partial charge in [0.2, 0.25) is 0 Å². The fourth-order valence-electron chi connectivity index (χ4n) is 4.32. The van der Waals surface area contributed by atoms with E-state index in [2.05, 4.69) is 10.7 Å². The molecule has 0 bridgehead atoms. The number of amides is 4. The Balaban J connectivity index is 1.58. The van der Waals surface area contributed by atoms with Gasteiger partial charge in [0.25, 0.3) is 11.8 Å². The molecule has 33 heavy (non-hydrogen) atoms. The SMILES string of the molecule is CCC1(C)NC(=O)N(NC(=O)CN2CCc3cc(OC)c(OC)cc3C2c2cccs2)C1=O. The number of thiophene rings is 1. The number of fused-ring (bicyclic) bond motifs is 1. The third-order valence-corrected chi connectivity index (χ3v) is 7.26. The molecule has 1 fully saturated rings. The van der Waals surface area contributed by atoms with Gasteiger partial charge in [-0.15, -0.1) is 11.3 Å². The van der Waals surface area contributed by atoms with Gasteiger partial charge in [-0.2, -0.15) is 5.01 Å². The molecule has 2 N–H and O–H groups in total. The summed E-state index contributed by atoms with van der Waals surface area (Å²) in [6.45, 7) is 4.11. The summed E-state index contributed by atoms with van der Waals surface area (Å²) in [6, 6.07) is 7.19. The Hall–Kier alpha value is -3.11. The van der Waals surface area contributed by atoms with E-state index >= 15 is 0 Å². The van der Waals surface area contributed by atoms with Gasteiger partial charge in [-0.25, -0.2) is 4.79 Å². The predicted octanol–water partition coefficient (Wildman–Crippen LogP) is 2.46. The quantitative estimate of drug-likeness (QED) is 0.601. The van der Waals surface area contributed by atoms with Crippen molar-refractivity contribution in [3.63, 3.8) is 0 Å². The predicted molar refractivity (Wildman–Crippen MR) is 123 cm³/mol. The fraction of sp³-hybridized carbons (Fsp3) is 0.435. The van der Waals surface area contributed by atoms with E-state index in [0.29, 0.717) is 24.5 Å². The molecule has 2 aliphatic rings. The highest BCUT2D eigenvalue weighted by molar-refractivity contribution is 7.10. The van der Waals surface area contributed by atoms with Gasteiger partial charge in [-0.05, 0) is 54.5 Å². The Morgan fingerprint density at radius 2 is 2.00 bits per heavy atom. The van der Waals surface area contributed by atoms with E-state index in [1.165, 1.54) is 0 Å². The van der Waals surface area contributed by atoms with Crippen molar-refractivity contribution in [3.8, 4) is 11.5 Å². The monoisotopic (exact) mass is 472 g/mol. The molecular formula is C23H28N4O5S. The molecule has 4 rings (SSSR count). The molecule has 1 saturated heterocycles. The van der Waals surface area contributed by atoms with Gasteiger partial charge >= 0.3 is 6.03 Å². The van der Waals surface area contributed by atoms with Crippen LogP contribution in [0.4, 0.5) is 4.79 Å². The van der Waals surface area contributed by atoms with Crippen molar-refractivity contribution >= 4 is 29.2 Å². The summed E-state index contributed by atoms with van der Waals surface area (Å²) in [5.41, 5.74) is 3.66. The number of carbonyl (C=O) groups excluding carboxylic acids is 3. The number of ether oxygens (including phenoxy) is 2. The lowest BCUT2D eigenvalue weighted by molar-refractivity contribution is -0.139. The lowest BCUT2D eigenvalue weighted by Gasteiger charge is -2.37. The molecule has 0 saturated carbocycles. The third kappa shape index (κ3) is 4.16. The van der Waals surface area contributed by atoms with Crippen molar-refractivity contribution in [1.29, 1.82) is 0 Å². The standard InChI is InChI=1S/C23H28N4O5S/c1-5-23(2)21(29)27(22(30)24-23)25-19(28)13-26-9-8-14-11-16(31-3)17(32-4)12-15(14)20(26)18-7-6-10-33-18/h6-7,10-12,20H,5,8-9,13H2,1-4H3,(H,24,30)(H,25,28). The van der Waals surface area contributed by atoms with E-state index in [4.69, 9.17) is 9.47 Å². The summed E-state index contributed by atoms with van der Waals surface area (Å²) in [5.74, 6) is 0.413.